The highest BCUT2D eigenvalue weighted by atomic mass is 16.2. The van der Waals surface area contributed by atoms with Gasteiger partial charge < -0.3 is 20.4 Å². The van der Waals surface area contributed by atoms with Crippen LogP contribution >= 0.6 is 0 Å². The summed E-state index contributed by atoms with van der Waals surface area (Å²) < 4.78 is 1.93. The first kappa shape index (κ1) is 20.8. The monoisotopic (exact) mass is 433 g/mol. The molecular formula is C24H31N7O. The molecule has 32 heavy (non-hydrogen) atoms. The maximum absolute atomic E-state index is 12.3. The highest BCUT2D eigenvalue weighted by molar-refractivity contribution is 5.79. The number of hydrogen-bond donors (Lipinski definition) is 2. The summed E-state index contributed by atoms with van der Waals surface area (Å²) in [6.45, 7) is 8.07. The third-order valence-corrected chi connectivity index (χ3v) is 6.35. The molecule has 0 aliphatic carbocycles. The molecule has 5 rings (SSSR count). The van der Waals surface area contributed by atoms with Crippen LogP contribution < -0.4 is 15.5 Å². The molecule has 0 spiro atoms. The molecule has 5 heterocycles. The van der Waals surface area contributed by atoms with E-state index >= 15 is 0 Å². The van der Waals surface area contributed by atoms with E-state index in [0.717, 1.165) is 42.1 Å². The molecule has 168 valence electrons. The van der Waals surface area contributed by atoms with Gasteiger partial charge in [-0.2, -0.15) is 5.10 Å². The summed E-state index contributed by atoms with van der Waals surface area (Å²) in [6.07, 6.45) is 8.28. The normalized spacial score (nSPS) is 19.2. The lowest BCUT2D eigenvalue weighted by Crippen LogP contribution is -2.53. The van der Waals surface area contributed by atoms with Crippen molar-refractivity contribution >= 4 is 17.2 Å². The minimum absolute atomic E-state index is 0.0202. The van der Waals surface area contributed by atoms with Gasteiger partial charge in [-0.1, -0.05) is 6.07 Å². The van der Waals surface area contributed by atoms with E-state index in [9.17, 15) is 4.79 Å². The maximum atomic E-state index is 12.3. The number of nitrogens with zero attached hydrogens (tertiary/aromatic N) is 5. The first-order valence-electron chi connectivity index (χ1n) is 11.6. The van der Waals surface area contributed by atoms with Gasteiger partial charge in [0.1, 0.15) is 0 Å². The Labute approximate surface area is 188 Å². The smallest absolute Gasteiger partial charge is 0.317 e. The van der Waals surface area contributed by atoms with E-state index < -0.39 is 0 Å². The van der Waals surface area contributed by atoms with Crippen LogP contribution in [0.15, 0.2) is 42.9 Å². The standard InChI is InChI=1S/C24H31N7O/c1-17(2)28-24(32)30-12-10-29(11-13-30)22-7-9-27-31-16-19(14-23(22)31)21-6-5-18(15-26-21)20-4-3-8-25-20/h5-7,9,14-17,20,25H,3-4,8,10-13H2,1-2H3,(H,28,32)/t20-/m1/s1. The lowest BCUT2D eigenvalue weighted by atomic mass is 10.1. The average molecular weight is 434 g/mol. The third-order valence-electron chi connectivity index (χ3n) is 6.35. The number of amides is 2. The second-order valence-corrected chi connectivity index (χ2v) is 8.98. The van der Waals surface area contributed by atoms with Gasteiger partial charge >= 0.3 is 6.03 Å². The van der Waals surface area contributed by atoms with Crippen molar-refractivity contribution in [1.29, 1.82) is 0 Å². The molecule has 0 bridgehead atoms. The summed E-state index contributed by atoms with van der Waals surface area (Å²) in [6, 6.07) is 9.11. The topological polar surface area (TPSA) is 77.8 Å². The Morgan fingerprint density at radius 3 is 2.72 bits per heavy atom. The Hall–Kier alpha value is -3.13. The number of carbonyl (C=O) groups is 1. The van der Waals surface area contributed by atoms with E-state index in [4.69, 9.17) is 4.98 Å². The van der Waals surface area contributed by atoms with Crippen molar-refractivity contribution in [2.45, 2.75) is 38.8 Å². The van der Waals surface area contributed by atoms with Gasteiger partial charge in [0.05, 0.1) is 16.9 Å². The number of rotatable bonds is 4. The van der Waals surface area contributed by atoms with Crippen molar-refractivity contribution in [3.8, 4) is 11.3 Å². The minimum atomic E-state index is 0.0202. The van der Waals surface area contributed by atoms with Crippen LogP contribution in [0.2, 0.25) is 0 Å². The second kappa shape index (κ2) is 8.78. The molecule has 2 aliphatic heterocycles. The molecule has 8 nitrogen and oxygen atoms in total. The van der Waals surface area contributed by atoms with Gasteiger partial charge in [0.15, 0.2) is 0 Å². The highest BCUT2D eigenvalue weighted by Crippen LogP contribution is 2.29. The van der Waals surface area contributed by atoms with Crippen molar-refractivity contribution in [3.05, 3.63) is 48.4 Å². The fourth-order valence-corrected chi connectivity index (χ4v) is 4.65. The molecule has 0 saturated carbocycles. The Morgan fingerprint density at radius 2 is 2.03 bits per heavy atom. The summed E-state index contributed by atoms with van der Waals surface area (Å²) in [4.78, 5) is 21.3. The number of nitrogens with one attached hydrogen (secondary N) is 2. The number of piperazine rings is 1. The summed E-state index contributed by atoms with van der Waals surface area (Å²) in [7, 11) is 0. The van der Waals surface area contributed by atoms with Crippen LogP contribution in [0.3, 0.4) is 0 Å². The predicted molar refractivity (Wildman–Crippen MR) is 126 cm³/mol. The molecule has 1 atom stereocenters. The average Bonchev–Trinajstić information content (AvgIpc) is 3.49. The fraction of sp³-hybridized carbons (Fsp3) is 0.458. The quantitative estimate of drug-likeness (QED) is 0.661. The van der Waals surface area contributed by atoms with E-state index in [1.165, 1.54) is 18.4 Å². The molecule has 0 radical (unpaired) electrons. The lowest BCUT2D eigenvalue weighted by Gasteiger charge is -2.36. The van der Waals surface area contributed by atoms with Gasteiger partial charge in [0.25, 0.3) is 0 Å². The third kappa shape index (κ3) is 4.14. The van der Waals surface area contributed by atoms with Crippen molar-refractivity contribution in [1.82, 2.24) is 30.1 Å². The van der Waals surface area contributed by atoms with Crippen LogP contribution in [0, 0.1) is 0 Å². The van der Waals surface area contributed by atoms with Crippen LogP contribution in [0.4, 0.5) is 10.5 Å². The molecular weight excluding hydrogens is 402 g/mol. The summed E-state index contributed by atoms with van der Waals surface area (Å²) >= 11 is 0. The van der Waals surface area contributed by atoms with Gasteiger partial charge in [0, 0.05) is 62.4 Å². The Morgan fingerprint density at radius 1 is 1.19 bits per heavy atom. The van der Waals surface area contributed by atoms with Gasteiger partial charge in [-0.15, -0.1) is 0 Å². The summed E-state index contributed by atoms with van der Waals surface area (Å²) in [5, 5.41) is 11.0. The zero-order chi connectivity index (χ0) is 22.1. The van der Waals surface area contributed by atoms with Gasteiger partial charge in [0.2, 0.25) is 0 Å². The van der Waals surface area contributed by atoms with Crippen molar-refractivity contribution in [3.63, 3.8) is 0 Å². The van der Waals surface area contributed by atoms with E-state index in [1.54, 1.807) is 0 Å². The van der Waals surface area contributed by atoms with Crippen molar-refractivity contribution in [2.24, 2.45) is 0 Å². The van der Waals surface area contributed by atoms with Crippen molar-refractivity contribution in [2.75, 3.05) is 37.6 Å². The molecule has 2 saturated heterocycles. The largest absolute Gasteiger partial charge is 0.366 e. The Bertz CT molecular complexity index is 1080. The fourth-order valence-electron chi connectivity index (χ4n) is 4.65. The van der Waals surface area contributed by atoms with E-state index in [-0.39, 0.29) is 12.1 Å². The molecule has 2 aliphatic rings. The molecule has 3 aromatic rings. The predicted octanol–water partition coefficient (Wildman–Crippen LogP) is 3.06. The van der Waals surface area contributed by atoms with Crippen LogP contribution in [-0.4, -0.2) is 64.3 Å². The zero-order valence-corrected chi connectivity index (χ0v) is 18.8. The number of carbonyl (C=O) groups excluding carboxylic acids is 1. The molecule has 2 fully saturated rings. The summed E-state index contributed by atoms with van der Waals surface area (Å²) in [5.41, 5.74) is 5.48. The van der Waals surface area contributed by atoms with E-state index in [0.29, 0.717) is 19.1 Å². The molecule has 3 aromatic heterocycles. The summed E-state index contributed by atoms with van der Waals surface area (Å²) in [5.74, 6) is 0. The number of urea groups is 1. The van der Waals surface area contributed by atoms with Gasteiger partial charge in [-0.25, -0.2) is 9.31 Å². The second-order valence-electron chi connectivity index (χ2n) is 8.98. The van der Waals surface area contributed by atoms with Crippen LogP contribution in [0.5, 0.6) is 0 Å². The van der Waals surface area contributed by atoms with E-state index in [1.807, 2.05) is 41.9 Å². The van der Waals surface area contributed by atoms with Gasteiger partial charge in [-0.3, -0.25) is 4.98 Å². The molecule has 0 aromatic carbocycles. The van der Waals surface area contributed by atoms with Crippen LogP contribution in [0.25, 0.3) is 16.8 Å². The minimum Gasteiger partial charge on any atom is -0.366 e. The first-order chi connectivity index (χ1) is 15.6. The zero-order valence-electron chi connectivity index (χ0n) is 18.8. The Kier molecular flexibility index (Phi) is 5.70. The van der Waals surface area contributed by atoms with Crippen LogP contribution in [0.1, 0.15) is 38.3 Å². The van der Waals surface area contributed by atoms with Crippen molar-refractivity contribution < 1.29 is 4.79 Å². The highest BCUT2D eigenvalue weighted by Gasteiger charge is 2.23. The van der Waals surface area contributed by atoms with Crippen LogP contribution in [-0.2, 0) is 0 Å². The molecule has 2 amide bonds. The SMILES string of the molecule is CC(C)NC(=O)N1CCN(c2ccnn3cc(-c4ccc([C@H]5CCCN5)cn4)cc23)CC1. The van der Waals surface area contributed by atoms with E-state index in [2.05, 4.69) is 44.9 Å². The number of aromatic nitrogens is 3. The van der Waals surface area contributed by atoms with Gasteiger partial charge in [-0.05, 0) is 57.0 Å². The Balaban J connectivity index is 1.33. The molecule has 8 heteroatoms. The lowest BCUT2D eigenvalue weighted by molar-refractivity contribution is 0.192. The number of pyridine rings is 1. The molecule has 0 unspecified atom stereocenters. The maximum Gasteiger partial charge on any atom is 0.317 e. The number of fused-ring (bicyclic) bond motifs is 1. The first-order valence-corrected chi connectivity index (χ1v) is 11.6. The number of anilines is 1. The molecule has 2 N–H and O–H groups in total. The number of hydrogen-bond acceptors (Lipinski definition) is 5.